The average Bonchev–Trinajstić information content (AvgIpc) is 2.50. The Morgan fingerprint density at radius 2 is 1.95 bits per heavy atom. The molecule has 110 valence electrons. The van der Waals surface area contributed by atoms with E-state index >= 15 is 0 Å². The maximum atomic E-state index is 11.7. The summed E-state index contributed by atoms with van der Waals surface area (Å²) in [6.45, 7) is 4.19. The van der Waals surface area contributed by atoms with Crippen LogP contribution in [0.5, 0.6) is 0 Å². The van der Waals surface area contributed by atoms with E-state index in [1.54, 1.807) is 25.1 Å². The number of benzene rings is 2. The van der Waals surface area contributed by atoms with Gasteiger partial charge < -0.3 is 15.8 Å². The van der Waals surface area contributed by atoms with Gasteiger partial charge in [0.25, 0.3) is 0 Å². The van der Waals surface area contributed by atoms with Crippen LogP contribution in [0.15, 0.2) is 48.5 Å². The average molecular weight is 284 g/mol. The third-order valence-corrected chi connectivity index (χ3v) is 3.23. The van der Waals surface area contributed by atoms with E-state index in [1.165, 1.54) is 5.56 Å². The highest BCUT2D eigenvalue weighted by atomic mass is 16.5. The molecule has 0 aliphatic carbocycles. The third kappa shape index (κ3) is 3.75. The van der Waals surface area contributed by atoms with Gasteiger partial charge in [-0.15, -0.1) is 0 Å². The Bertz CT molecular complexity index is 611. The quantitative estimate of drug-likeness (QED) is 0.650. The largest absolute Gasteiger partial charge is 0.462 e. The summed E-state index contributed by atoms with van der Waals surface area (Å²) in [6, 6.07) is 15.4. The third-order valence-electron chi connectivity index (χ3n) is 3.23. The number of hydrogen-bond donors (Lipinski definition) is 2. The summed E-state index contributed by atoms with van der Waals surface area (Å²) in [7, 11) is 0. The van der Waals surface area contributed by atoms with Gasteiger partial charge in [0, 0.05) is 6.04 Å². The van der Waals surface area contributed by atoms with E-state index < -0.39 is 0 Å². The van der Waals surface area contributed by atoms with Gasteiger partial charge in [0.15, 0.2) is 0 Å². The van der Waals surface area contributed by atoms with E-state index in [-0.39, 0.29) is 12.0 Å². The monoisotopic (exact) mass is 284 g/mol. The number of carbonyl (C=O) groups excluding carboxylic acids is 1. The summed E-state index contributed by atoms with van der Waals surface area (Å²) >= 11 is 0. The molecule has 0 radical (unpaired) electrons. The van der Waals surface area contributed by atoms with Crippen molar-refractivity contribution in [3.05, 3.63) is 59.7 Å². The molecular formula is C17H20N2O2. The molecule has 0 saturated heterocycles. The van der Waals surface area contributed by atoms with Gasteiger partial charge in [0.1, 0.15) is 0 Å². The molecule has 4 heteroatoms. The maximum Gasteiger partial charge on any atom is 0.338 e. The van der Waals surface area contributed by atoms with Crippen LogP contribution in [0.2, 0.25) is 0 Å². The number of nitrogens with one attached hydrogen (secondary N) is 1. The fraction of sp³-hybridized carbons (Fsp3) is 0.235. The van der Waals surface area contributed by atoms with Gasteiger partial charge >= 0.3 is 5.97 Å². The van der Waals surface area contributed by atoms with Gasteiger partial charge in [-0.05, 0) is 37.6 Å². The molecule has 0 heterocycles. The number of anilines is 2. The molecule has 2 aromatic rings. The predicted octanol–water partition coefficient (Wildman–Crippen LogP) is 3.62. The van der Waals surface area contributed by atoms with Crippen LogP contribution in [0.4, 0.5) is 11.4 Å². The minimum Gasteiger partial charge on any atom is -0.462 e. The lowest BCUT2D eigenvalue weighted by atomic mass is 10.1. The molecule has 3 N–H and O–H groups in total. The summed E-state index contributed by atoms with van der Waals surface area (Å²) in [5.41, 5.74) is 8.98. The van der Waals surface area contributed by atoms with E-state index in [9.17, 15) is 4.79 Å². The first-order valence-corrected chi connectivity index (χ1v) is 7.00. The van der Waals surface area contributed by atoms with Crippen LogP contribution in [0.3, 0.4) is 0 Å². The van der Waals surface area contributed by atoms with Crippen molar-refractivity contribution in [1.82, 2.24) is 0 Å². The van der Waals surface area contributed by atoms with Crippen LogP contribution in [0.25, 0.3) is 0 Å². The molecule has 2 rings (SSSR count). The van der Waals surface area contributed by atoms with Crippen molar-refractivity contribution in [2.45, 2.75) is 19.9 Å². The second-order valence-corrected chi connectivity index (χ2v) is 4.80. The highest BCUT2D eigenvalue weighted by Crippen LogP contribution is 2.25. The Morgan fingerprint density at radius 3 is 2.57 bits per heavy atom. The number of carbonyl (C=O) groups is 1. The second-order valence-electron chi connectivity index (χ2n) is 4.80. The van der Waals surface area contributed by atoms with Crippen molar-refractivity contribution >= 4 is 17.3 Å². The highest BCUT2D eigenvalue weighted by Gasteiger charge is 2.11. The molecule has 0 aliphatic heterocycles. The minimum atomic E-state index is -0.355. The normalized spacial score (nSPS) is 11.7. The number of hydrogen-bond acceptors (Lipinski definition) is 4. The maximum absolute atomic E-state index is 11.7. The number of rotatable bonds is 5. The zero-order chi connectivity index (χ0) is 15.2. The van der Waals surface area contributed by atoms with E-state index in [2.05, 4.69) is 24.4 Å². The van der Waals surface area contributed by atoms with E-state index in [0.717, 1.165) is 5.69 Å². The Hall–Kier alpha value is -2.49. The molecule has 0 saturated carbocycles. The SMILES string of the molecule is CCOC(=O)c1ccc(NC(C)c2ccccc2)c(N)c1. The van der Waals surface area contributed by atoms with Crippen molar-refractivity contribution in [1.29, 1.82) is 0 Å². The molecule has 0 aliphatic rings. The summed E-state index contributed by atoms with van der Waals surface area (Å²) < 4.78 is 4.96. The number of esters is 1. The minimum absolute atomic E-state index is 0.127. The zero-order valence-corrected chi connectivity index (χ0v) is 12.3. The van der Waals surface area contributed by atoms with Crippen LogP contribution in [-0.2, 0) is 4.74 Å². The standard InChI is InChI=1S/C17H20N2O2/c1-3-21-17(20)14-9-10-16(15(18)11-14)19-12(2)13-7-5-4-6-8-13/h4-12,19H,3,18H2,1-2H3. The molecule has 1 unspecified atom stereocenters. The van der Waals surface area contributed by atoms with Crippen molar-refractivity contribution < 1.29 is 9.53 Å². The van der Waals surface area contributed by atoms with Crippen LogP contribution in [0, 0.1) is 0 Å². The van der Waals surface area contributed by atoms with Gasteiger partial charge in [-0.3, -0.25) is 0 Å². The lowest BCUT2D eigenvalue weighted by Gasteiger charge is -2.17. The Labute approximate surface area is 124 Å². The molecular weight excluding hydrogens is 264 g/mol. The predicted molar refractivity (Wildman–Crippen MR) is 85.3 cm³/mol. The number of ether oxygens (including phenoxy) is 1. The fourth-order valence-corrected chi connectivity index (χ4v) is 2.09. The first-order valence-electron chi connectivity index (χ1n) is 7.00. The van der Waals surface area contributed by atoms with Gasteiger partial charge in [-0.2, -0.15) is 0 Å². The topological polar surface area (TPSA) is 64.3 Å². The summed E-state index contributed by atoms with van der Waals surface area (Å²) in [5.74, 6) is -0.355. The summed E-state index contributed by atoms with van der Waals surface area (Å²) in [4.78, 5) is 11.7. The van der Waals surface area contributed by atoms with Gasteiger partial charge in [0.05, 0.1) is 23.5 Å². The van der Waals surface area contributed by atoms with Crippen LogP contribution >= 0.6 is 0 Å². The molecule has 0 amide bonds. The van der Waals surface area contributed by atoms with Gasteiger partial charge in [-0.25, -0.2) is 4.79 Å². The Kier molecular flexibility index (Phi) is 4.82. The smallest absolute Gasteiger partial charge is 0.338 e. The molecule has 0 bridgehead atoms. The molecule has 1 atom stereocenters. The van der Waals surface area contributed by atoms with Crippen molar-refractivity contribution in [2.24, 2.45) is 0 Å². The zero-order valence-electron chi connectivity index (χ0n) is 12.3. The molecule has 0 fully saturated rings. The van der Waals surface area contributed by atoms with Gasteiger partial charge in [-0.1, -0.05) is 30.3 Å². The highest BCUT2D eigenvalue weighted by molar-refractivity contribution is 5.92. The fourth-order valence-electron chi connectivity index (χ4n) is 2.09. The first-order chi connectivity index (χ1) is 10.1. The summed E-state index contributed by atoms with van der Waals surface area (Å²) in [5, 5.41) is 3.35. The van der Waals surface area contributed by atoms with Crippen LogP contribution < -0.4 is 11.1 Å². The van der Waals surface area contributed by atoms with Crippen molar-refractivity contribution in [3.8, 4) is 0 Å². The van der Waals surface area contributed by atoms with E-state index in [4.69, 9.17) is 10.5 Å². The van der Waals surface area contributed by atoms with Crippen molar-refractivity contribution in [2.75, 3.05) is 17.7 Å². The molecule has 0 aromatic heterocycles. The van der Waals surface area contributed by atoms with E-state index in [1.807, 2.05) is 18.2 Å². The second kappa shape index (κ2) is 6.79. The summed E-state index contributed by atoms with van der Waals surface area (Å²) in [6.07, 6.45) is 0. The lowest BCUT2D eigenvalue weighted by Crippen LogP contribution is -2.10. The Morgan fingerprint density at radius 1 is 1.24 bits per heavy atom. The molecule has 0 spiro atoms. The molecule has 21 heavy (non-hydrogen) atoms. The van der Waals surface area contributed by atoms with Crippen LogP contribution in [-0.4, -0.2) is 12.6 Å². The van der Waals surface area contributed by atoms with E-state index in [0.29, 0.717) is 17.9 Å². The molecule has 4 nitrogen and oxygen atoms in total. The van der Waals surface area contributed by atoms with Crippen LogP contribution in [0.1, 0.15) is 35.8 Å². The van der Waals surface area contributed by atoms with Crippen molar-refractivity contribution in [3.63, 3.8) is 0 Å². The van der Waals surface area contributed by atoms with Gasteiger partial charge in [0.2, 0.25) is 0 Å². The molecule has 2 aromatic carbocycles. The number of nitrogen functional groups attached to an aromatic ring is 1. The lowest BCUT2D eigenvalue weighted by molar-refractivity contribution is 0.0526. The Balaban J connectivity index is 2.13. The first kappa shape index (κ1) is 14.9. The number of nitrogens with two attached hydrogens (primary N) is 1.